The predicted molar refractivity (Wildman–Crippen MR) is 111 cm³/mol. The molecule has 0 atom stereocenters. The minimum Gasteiger partial charge on any atom is -0.352 e. The average molecular weight is 401 g/mol. The zero-order valence-corrected chi connectivity index (χ0v) is 17.4. The highest BCUT2D eigenvalue weighted by molar-refractivity contribution is 7.89. The van der Waals surface area contributed by atoms with Gasteiger partial charge >= 0.3 is 0 Å². The Kier molecular flexibility index (Phi) is 6.52. The number of hydrogen-bond acceptors (Lipinski definition) is 3. The highest BCUT2D eigenvalue weighted by atomic mass is 32.2. The second kappa shape index (κ2) is 8.88. The molecule has 1 amide bonds. The van der Waals surface area contributed by atoms with Gasteiger partial charge in [0.2, 0.25) is 10.0 Å². The summed E-state index contributed by atoms with van der Waals surface area (Å²) in [6, 6.07) is 13.3. The number of hydrogen-bond donors (Lipinski definition) is 1. The van der Waals surface area contributed by atoms with E-state index in [1.165, 1.54) is 21.5 Å². The maximum Gasteiger partial charge on any atom is 0.251 e. The van der Waals surface area contributed by atoms with Crippen molar-refractivity contribution < 1.29 is 13.2 Å². The van der Waals surface area contributed by atoms with E-state index in [2.05, 4.69) is 36.5 Å². The Morgan fingerprint density at radius 3 is 2.39 bits per heavy atom. The van der Waals surface area contributed by atoms with Gasteiger partial charge in [-0.2, -0.15) is 4.31 Å². The first-order valence-corrected chi connectivity index (χ1v) is 11.3. The Hall–Kier alpha value is -2.18. The Morgan fingerprint density at radius 2 is 1.71 bits per heavy atom. The average Bonchev–Trinajstić information content (AvgIpc) is 3.22. The fourth-order valence-electron chi connectivity index (χ4n) is 3.44. The number of nitrogens with zero attached hydrogens (tertiary/aromatic N) is 1. The normalized spacial score (nSPS) is 14.9. The van der Waals surface area contributed by atoms with Gasteiger partial charge in [0.1, 0.15) is 0 Å². The van der Waals surface area contributed by atoms with Crippen molar-refractivity contribution in [2.75, 3.05) is 19.6 Å². The van der Waals surface area contributed by atoms with Crippen molar-refractivity contribution in [1.29, 1.82) is 0 Å². The van der Waals surface area contributed by atoms with E-state index < -0.39 is 10.0 Å². The largest absolute Gasteiger partial charge is 0.352 e. The summed E-state index contributed by atoms with van der Waals surface area (Å²) in [5, 5.41) is 2.90. The lowest BCUT2D eigenvalue weighted by Gasteiger charge is -2.17. The molecule has 1 aliphatic rings. The summed E-state index contributed by atoms with van der Waals surface area (Å²) >= 11 is 0. The molecule has 3 rings (SSSR count). The third kappa shape index (κ3) is 4.80. The topological polar surface area (TPSA) is 66.5 Å². The van der Waals surface area contributed by atoms with E-state index in [0.29, 0.717) is 30.8 Å². The van der Waals surface area contributed by atoms with Gasteiger partial charge < -0.3 is 5.32 Å². The Labute approximate surface area is 167 Å². The molecule has 6 heteroatoms. The van der Waals surface area contributed by atoms with Crippen molar-refractivity contribution in [3.8, 4) is 0 Å². The van der Waals surface area contributed by atoms with Gasteiger partial charge in [0.05, 0.1) is 4.90 Å². The van der Waals surface area contributed by atoms with Crippen LogP contribution < -0.4 is 5.32 Å². The van der Waals surface area contributed by atoms with E-state index in [1.807, 2.05) is 0 Å². The third-order valence-electron chi connectivity index (χ3n) is 5.18. The summed E-state index contributed by atoms with van der Waals surface area (Å²) in [5.41, 5.74) is 3.53. The monoisotopic (exact) mass is 400 g/mol. The summed E-state index contributed by atoms with van der Waals surface area (Å²) in [4.78, 5) is 12.7. The molecule has 0 radical (unpaired) electrons. The molecule has 0 spiro atoms. The minimum absolute atomic E-state index is 0.234. The summed E-state index contributed by atoms with van der Waals surface area (Å²) in [6.07, 6.45) is 3.50. The number of carbonyl (C=O) groups is 1. The van der Waals surface area contributed by atoms with E-state index in [4.69, 9.17) is 0 Å². The van der Waals surface area contributed by atoms with Crippen LogP contribution in [0.5, 0.6) is 0 Å². The smallest absolute Gasteiger partial charge is 0.251 e. The summed E-state index contributed by atoms with van der Waals surface area (Å²) < 4.78 is 27.2. The number of amides is 1. The van der Waals surface area contributed by atoms with Crippen molar-refractivity contribution in [2.24, 2.45) is 0 Å². The number of aryl methyl sites for hydroxylation is 3. The second-order valence-electron chi connectivity index (χ2n) is 7.44. The van der Waals surface area contributed by atoms with Crippen LogP contribution >= 0.6 is 0 Å². The number of nitrogens with one attached hydrogen (secondary N) is 1. The third-order valence-corrected chi connectivity index (χ3v) is 7.22. The number of rotatable bonds is 7. The molecule has 1 heterocycles. The van der Waals surface area contributed by atoms with E-state index in [-0.39, 0.29) is 10.8 Å². The fourth-order valence-corrected chi connectivity index (χ4v) is 5.21. The minimum atomic E-state index is -3.54. The SMILES string of the molecule is Cc1ccc(CCCNC(=O)c2ccc(C)c(S(=O)(=O)N3CCCC3)c2)cc1. The molecule has 0 aromatic heterocycles. The molecule has 0 aliphatic carbocycles. The molecule has 0 bridgehead atoms. The van der Waals surface area contributed by atoms with Crippen LogP contribution in [0.2, 0.25) is 0 Å². The van der Waals surface area contributed by atoms with E-state index in [0.717, 1.165) is 25.7 Å². The van der Waals surface area contributed by atoms with Gasteiger partial charge in [0.15, 0.2) is 0 Å². The number of carbonyl (C=O) groups excluding carboxylic acids is 1. The molecule has 2 aromatic rings. The molecular weight excluding hydrogens is 372 g/mol. The van der Waals surface area contributed by atoms with Gasteiger partial charge in [-0.3, -0.25) is 4.79 Å². The van der Waals surface area contributed by atoms with Gasteiger partial charge in [0.25, 0.3) is 5.91 Å². The highest BCUT2D eigenvalue weighted by Gasteiger charge is 2.29. The van der Waals surface area contributed by atoms with Crippen molar-refractivity contribution in [3.05, 3.63) is 64.7 Å². The summed E-state index contributed by atoms with van der Waals surface area (Å²) in [7, 11) is -3.54. The van der Waals surface area contributed by atoms with E-state index in [9.17, 15) is 13.2 Å². The summed E-state index contributed by atoms with van der Waals surface area (Å²) in [5.74, 6) is -0.234. The van der Waals surface area contributed by atoms with Crippen molar-refractivity contribution in [3.63, 3.8) is 0 Å². The van der Waals surface area contributed by atoms with Gasteiger partial charge in [-0.1, -0.05) is 35.9 Å². The Bertz CT molecular complexity index is 931. The van der Waals surface area contributed by atoms with Crippen LogP contribution in [-0.2, 0) is 16.4 Å². The van der Waals surface area contributed by atoms with Crippen molar-refractivity contribution in [2.45, 2.75) is 44.4 Å². The number of benzene rings is 2. The maximum absolute atomic E-state index is 12.9. The van der Waals surface area contributed by atoms with E-state index in [1.54, 1.807) is 19.1 Å². The number of sulfonamides is 1. The second-order valence-corrected chi connectivity index (χ2v) is 9.34. The van der Waals surface area contributed by atoms with Crippen LogP contribution in [0.4, 0.5) is 0 Å². The van der Waals surface area contributed by atoms with Gasteiger partial charge in [-0.25, -0.2) is 8.42 Å². The molecule has 1 N–H and O–H groups in total. The molecule has 1 aliphatic heterocycles. The van der Waals surface area contributed by atoms with Crippen LogP contribution in [0.1, 0.15) is 46.3 Å². The van der Waals surface area contributed by atoms with Crippen LogP contribution in [0.15, 0.2) is 47.4 Å². The van der Waals surface area contributed by atoms with Crippen LogP contribution in [0.3, 0.4) is 0 Å². The maximum atomic E-state index is 12.9. The first-order valence-electron chi connectivity index (χ1n) is 9.82. The molecule has 0 unspecified atom stereocenters. The van der Waals surface area contributed by atoms with Gasteiger partial charge in [0, 0.05) is 25.2 Å². The fraction of sp³-hybridized carbons (Fsp3) is 0.409. The molecule has 1 fully saturated rings. The Morgan fingerprint density at radius 1 is 1.04 bits per heavy atom. The van der Waals surface area contributed by atoms with Crippen molar-refractivity contribution >= 4 is 15.9 Å². The van der Waals surface area contributed by atoms with Crippen LogP contribution in [0, 0.1) is 13.8 Å². The standard InChI is InChI=1S/C22H28N2O3S/c1-17-7-10-19(11-8-17)6-5-13-23-22(25)20-12-9-18(2)21(16-20)28(26,27)24-14-3-4-15-24/h7-12,16H,3-6,13-15H2,1-2H3,(H,23,25). The zero-order valence-electron chi connectivity index (χ0n) is 16.6. The van der Waals surface area contributed by atoms with Gasteiger partial charge in [-0.05, 0) is 62.8 Å². The van der Waals surface area contributed by atoms with E-state index >= 15 is 0 Å². The first kappa shape index (κ1) is 20.6. The molecule has 150 valence electrons. The molecule has 28 heavy (non-hydrogen) atoms. The van der Waals surface area contributed by atoms with Crippen LogP contribution in [0.25, 0.3) is 0 Å². The molecule has 0 saturated carbocycles. The highest BCUT2D eigenvalue weighted by Crippen LogP contribution is 2.24. The van der Waals surface area contributed by atoms with Crippen LogP contribution in [-0.4, -0.2) is 38.3 Å². The van der Waals surface area contributed by atoms with Crippen molar-refractivity contribution in [1.82, 2.24) is 9.62 Å². The molecule has 2 aromatic carbocycles. The lowest BCUT2D eigenvalue weighted by atomic mass is 10.1. The zero-order chi connectivity index (χ0) is 20.1. The molecular formula is C22H28N2O3S. The Balaban J connectivity index is 1.61. The predicted octanol–water partition coefficient (Wildman–Crippen LogP) is 3.45. The van der Waals surface area contributed by atoms with Gasteiger partial charge in [-0.15, -0.1) is 0 Å². The first-order chi connectivity index (χ1) is 13.4. The molecule has 5 nitrogen and oxygen atoms in total. The lowest BCUT2D eigenvalue weighted by Crippen LogP contribution is -2.29. The summed E-state index contributed by atoms with van der Waals surface area (Å²) in [6.45, 7) is 5.49. The lowest BCUT2D eigenvalue weighted by molar-refractivity contribution is 0.0953. The quantitative estimate of drug-likeness (QED) is 0.724. The molecule has 1 saturated heterocycles.